The maximum atomic E-state index is 13.5. The van der Waals surface area contributed by atoms with Crippen molar-refractivity contribution < 1.29 is 47.0 Å². The average molecular weight is 504 g/mol. The van der Waals surface area contributed by atoms with Crippen LogP contribution in [0.2, 0.25) is 0 Å². The van der Waals surface area contributed by atoms with E-state index in [1.54, 1.807) is 30.3 Å². The Morgan fingerprint density at radius 1 is 0.686 bits per heavy atom. The molecule has 0 radical (unpaired) electrons. The van der Waals surface area contributed by atoms with Crippen LogP contribution in [-0.4, -0.2) is 46.2 Å². The minimum atomic E-state index is -4.65. The summed E-state index contributed by atoms with van der Waals surface area (Å²) < 4.78 is 49.7. The second-order valence-electron chi connectivity index (χ2n) is 6.91. The molecule has 0 aliphatic carbocycles. The van der Waals surface area contributed by atoms with Crippen LogP contribution < -0.4 is 32.7 Å². The van der Waals surface area contributed by atoms with Crippen LogP contribution in [0.1, 0.15) is 15.9 Å². The maximum Gasteiger partial charge on any atom is 0.585 e. The number of carbonyl (C=O) groups is 1. The molecule has 0 heterocycles. The minimum absolute atomic E-state index is 0.0370. The van der Waals surface area contributed by atoms with Crippen LogP contribution in [0.3, 0.4) is 0 Å². The van der Waals surface area contributed by atoms with Gasteiger partial charge in [0.25, 0.3) is 0 Å². The molecule has 3 aromatic rings. The van der Waals surface area contributed by atoms with Gasteiger partial charge in [-0.1, -0.05) is 18.2 Å². The van der Waals surface area contributed by atoms with E-state index < -0.39 is 13.6 Å². The summed E-state index contributed by atoms with van der Waals surface area (Å²) in [7, 11) is 2.27. The first kappa shape index (κ1) is 25.7. The molecule has 1 atom stereocenters. The number of ether oxygens (including phenoxy) is 5. The van der Waals surface area contributed by atoms with Gasteiger partial charge in [0.1, 0.15) is 28.6 Å². The zero-order valence-electron chi connectivity index (χ0n) is 19.8. The van der Waals surface area contributed by atoms with Gasteiger partial charge in [-0.25, -0.2) is 4.57 Å². The van der Waals surface area contributed by atoms with Crippen LogP contribution in [0.25, 0.3) is 0 Å². The summed E-state index contributed by atoms with van der Waals surface area (Å²) in [5.41, 5.74) is 0.249. The summed E-state index contributed by atoms with van der Waals surface area (Å²) in [5, 5.41) is 0. The standard InChI is InChI=1S/C24H25O10P/c1-28-17-13-18(29-2)22(19(14-17)30-3)23(25)15-11-20(31-4)24(21(12-15)32-5)34-35(26,27)33-16-9-7-6-8-10-16/h6-14H,1-5H3,(H,26,27). The van der Waals surface area contributed by atoms with Crippen molar-refractivity contribution in [3.63, 3.8) is 0 Å². The van der Waals surface area contributed by atoms with Gasteiger partial charge >= 0.3 is 7.82 Å². The first-order chi connectivity index (χ1) is 16.8. The van der Waals surface area contributed by atoms with Crippen LogP contribution in [0.4, 0.5) is 0 Å². The maximum absolute atomic E-state index is 13.5. The van der Waals surface area contributed by atoms with Crippen molar-refractivity contribution in [3.05, 3.63) is 65.7 Å². The third kappa shape index (κ3) is 5.79. The normalized spacial score (nSPS) is 12.2. The molecule has 0 saturated heterocycles. The summed E-state index contributed by atoms with van der Waals surface area (Å²) in [6, 6.07) is 13.8. The Morgan fingerprint density at radius 2 is 1.20 bits per heavy atom. The quantitative estimate of drug-likeness (QED) is 0.295. The fourth-order valence-corrected chi connectivity index (χ4v) is 4.06. The van der Waals surface area contributed by atoms with Gasteiger partial charge in [-0.15, -0.1) is 0 Å². The lowest BCUT2D eigenvalue weighted by atomic mass is 10.00. The number of methoxy groups -OCH3 is 5. The van der Waals surface area contributed by atoms with Gasteiger partial charge in [-0.3, -0.25) is 9.69 Å². The third-order valence-corrected chi connectivity index (χ3v) is 5.69. The molecule has 0 aliphatic rings. The zero-order chi connectivity index (χ0) is 25.6. The van der Waals surface area contributed by atoms with Crippen molar-refractivity contribution in [2.24, 2.45) is 0 Å². The number of hydrogen-bond donors (Lipinski definition) is 1. The highest BCUT2D eigenvalue weighted by Crippen LogP contribution is 2.51. The van der Waals surface area contributed by atoms with Crippen molar-refractivity contribution >= 4 is 13.6 Å². The van der Waals surface area contributed by atoms with E-state index in [2.05, 4.69) is 0 Å². The second-order valence-corrected chi connectivity index (χ2v) is 8.21. The van der Waals surface area contributed by atoms with E-state index in [4.69, 9.17) is 32.7 Å². The fourth-order valence-electron chi connectivity index (χ4n) is 3.22. The lowest BCUT2D eigenvalue weighted by Crippen LogP contribution is -2.09. The number of para-hydroxylation sites is 1. The molecule has 0 saturated carbocycles. The Morgan fingerprint density at radius 3 is 1.66 bits per heavy atom. The number of carbonyl (C=O) groups excluding carboxylic acids is 1. The van der Waals surface area contributed by atoms with E-state index >= 15 is 0 Å². The number of ketones is 1. The van der Waals surface area contributed by atoms with E-state index in [0.717, 1.165) is 0 Å². The Hall–Kier alpha value is -3.88. The van der Waals surface area contributed by atoms with Gasteiger partial charge in [0.05, 0.1) is 35.5 Å². The molecule has 0 fully saturated rings. The number of rotatable bonds is 11. The van der Waals surface area contributed by atoms with Crippen molar-refractivity contribution in [2.75, 3.05) is 35.5 Å². The number of phosphoric ester groups is 1. The van der Waals surface area contributed by atoms with Crippen LogP contribution in [0.5, 0.6) is 40.2 Å². The molecule has 0 aliphatic heterocycles. The predicted octanol–water partition coefficient (Wildman–Crippen LogP) is 4.52. The lowest BCUT2D eigenvalue weighted by Gasteiger charge is -2.19. The third-order valence-electron chi connectivity index (χ3n) is 4.84. The average Bonchev–Trinajstić information content (AvgIpc) is 2.87. The molecule has 0 spiro atoms. The summed E-state index contributed by atoms with van der Waals surface area (Å²) in [6.45, 7) is 0. The highest BCUT2D eigenvalue weighted by atomic mass is 31.2. The Bertz CT molecular complexity index is 1190. The Kier molecular flexibility index (Phi) is 8.11. The molecule has 0 bridgehead atoms. The van der Waals surface area contributed by atoms with Gasteiger partial charge < -0.3 is 32.7 Å². The lowest BCUT2D eigenvalue weighted by molar-refractivity contribution is 0.103. The van der Waals surface area contributed by atoms with Crippen LogP contribution >= 0.6 is 7.82 Å². The van der Waals surface area contributed by atoms with Gasteiger partial charge in [0, 0.05) is 17.7 Å². The van der Waals surface area contributed by atoms with Crippen molar-refractivity contribution in [3.8, 4) is 40.2 Å². The number of benzene rings is 3. The molecule has 10 nitrogen and oxygen atoms in total. The summed E-state index contributed by atoms with van der Waals surface area (Å²) in [6.07, 6.45) is 0. The highest BCUT2D eigenvalue weighted by molar-refractivity contribution is 7.48. The molecule has 11 heteroatoms. The van der Waals surface area contributed by atoms with Gasteiger partial charge in [0.15, 0.2) is 11.5 Å². The smallest absolute Gasteiger partial charge is 0.496 e. The van der Waals surface area contributed by atoms with Crippen molar-refractivity contribution in [1.82, 2.24) is 0 Å². The van der Waals surface area contributed by atoms with Crippen molar-refractivity contribution in [1.29, 1.82) is 0 Å². The molecule has 35 heavy (non-hydrogen) atoms. The van der Waals surface area contributed by atoms with E-state index in [-0.39, 0.29) is 45.6 Å². The summed E-state index contributed by atoms with van der Waals surface area (Å²) >= 11 is 0. The molecule has 0 amide bonds. The van der Waals surface area contributed by atoms with Crippen LogP contribution in [-0.2, 0) is 4.57 Å². The molecule has 1 N–H and O–H groups in total. The van der Waals surface area contributed by atoms with E-state index in [9.17, 15) is 14.3 Å². The zero-order valence-corrected chi connectivity index (χ0v) is 20.7. The molecule has 186 valence electrons. The van der Waals surface area contributed by atoms with Crippen LogP contribution in [0.15, 0.2) is 54.6 Å². The molecule has 3 rings (SSSR count). The first-order valence-corrected chi connectivity index (χ1v) is 11.6. The predicted molar refractivity (Wildman–Crippen MR) is 127 cm³/mol. The SMILES string of the molecule is COc1cc(OC)c(C(=O)c2cc(OC)c(OP(=O)(O)Oc3ccccc3)c(OC)c2)c(OC)c1. The largest absolute Gasteiger partial charge is 0.585 e. The van der Waals surface area contributed by atoms with Gasteiger partial charge in [-0.2, -0.15) is 0 Å². The fraction of sp³-hybridized carbons (Fsp3) is 0.208. The van der Waals surface area contributed by atoms with Gasteiger partial charge in [-0.05, 0) is 24.3 Å². The van der Waals surface area contributed by atoms with Crippen LogP contribution in [0, 0.1) is 0 Å². The molecular formula is C24H25O10P. The minimum Gasteiger partial charge on any atom is -0.496 e. The molecular weight excluding hydrogens is 479 g/mol. The summed E-state index contributed by atoms with van der Waals surface area (Å²) in [4.78, 5) is 23.8. The second kappa shape index (κ2) is 11.0. The summed E-state index contributed by atoms with van der Waals surface area (Å²) in [5.74, 6) is 0.226. The monoisotopic (exact) mass is 504 g/mol. The van der Waals surface area contributed by atoms with E-state index in [1.807, 2.05) is 0 Å². The number of hydrogen-bond acceptors (Lipinski definition) is 9. The molecule has 3 aromatic carbocycles. The van der Waals surface area contributed by atoms with Gasteiger partial charge in [0.2, 0.25) is 11.5 Å². The molecule has 1 unspecified atom stereocenters. The van der Waals surface area contributed by atoms with E-state index in [1.165, 1.54) is 59.8 Å². The highest BCUT2D eigenvalue weighted by Gasteiger charge is 2.31. The number of phosphoric acid groups is 1. The Labute approximate surface area is 202 Å². The van der Waals surface area contributed by atoms with E-state index in [0.29, 0.717) is 5.75 Å². The Balaban J connectivity index is 2.04. The van der Waals surface area contributed by atoms with Crippen molar-refractivity contribution in [2.45, 2.75) is 0 Å². The topological polar surface area (TPSA) is 119 Å². The first-order valence-electron chi connectivity index (χ1n) is 10.1. The molecule has 0 aromatic heterocycles.